The van der Waals surface area contributed by atoms with Gasteiger partial charge < -0.3 is 25.5 Å². The van der Waals surface area contributed by atoms with Gasteiger partial charge in [-0.2, -0.15) is 5.10 Å². The number of oxime groups is 1. The van der Waals surface area contributed by atoms with Gasteiger partial charge in [-0.3, -0.25) is 14.3 Å². The van der Waals surface area contributed by atoms with E-state index < -0.39 is 24.6 Å². The van der Waals surface area contributed by atoms with Crippen LogP contribution in [0.1, 0.15) is 62.6 Å². The lowest BCUT2D eigenvalue weighted by molar-refractivity contribution is -0.144. The summed E-state index contributed by atoms with van der Waals surface area (Å²) >= 11 is 0. The number of nitrogens with zero attached hydrogens (tertiary/aromatic N) is 3. The molecule has 0 saturated heterocycles. The largest absolute Gasteiger partial charge is 0.475 e. The standard InChI is InChI=1S/C28H36BN5O5/c1-18(2)14-24(29(37)38)31-27(36)28(15-20-10-6-5-7-11-20)16-21(33-39-28)17-30-26(35)25-22-12-8-9-13-23(22)34(32-25)19(3)4/h5-13,18-19,24,37-38H,14-17H2,1-4H3,(H,30,35)(H,31,36). The van der Waals surface area contributed by atoms with Gasteiger partial charge in [0.2, 0.25) is 5.60 Å². The van der Waals surface area contributed by atoms with E-state index in [1.807, 2.05) is 87.0 Å². The van der Waals surface area contributed by atoms with Crippen LogP contribution in [-0.4, -0.2) is 62.6 Å². The molecule has 3 aromatic rings. The Morgan fingerprint density at radius 2 is 1.77 bits per heavy atom. The molecule has 0 spiro atoms. The molecule has 2 amide bonds. The van der Waals surface area contributed by atoms with Crippen molar-refractivity contribution in [2.75, 3.05) is 6.54 Å². The third kappa shape index (κ3) is 6.48. The first-order valence-corrected chi connectivity index (χ1v) is 13.3. The van der Waals surface area contributed by atoms with E-state index in [0.717, 1.165) is 16.5 Å². The summed E-state index contributed by atoms with van der Waals surface area (Å²) in [4.78, 5) is 32.5. The van der Waals surface area contributed by atoms with Crippen LogP contribution in [0.2, 0.25) is 0 Å². The van der Waals surface area contributed by atoms with Crippen molar-refractivity contribution >= 4 is 35.5 Å². The molecule has 0 fully saturated rings. The second-order valence-electron chi connectivity index (χ2n) is 10.8. The molecule has 11 heteroatoms. The minimum absolute atomic E-state index is 0.0730. The Morgan fingerprint density at radius 3 is 2.44 bits per heavy atom. The van der Waals surface area contributed by atoms with Gasteiger partial charge >= 0.3 is 7.12 Å². The quantitative estimate of drug-likeness (QED) is 0.280. The lowest BCUT2D eigenvalue weighted by Gasteiger charge is -2.29. The fraction of sp³-hybridized carbons (Fsp3) is 0.429. The molecule has 2 aromatic carbocycles. The molecule has 10 nitrogen and oxygen atoms in total. The van der Waals surface area contributed by atoms with Gasteiger partial charge in [-0.25, -0.2) is 0 Å². The summed E-state index contributed by atoms with van der Waals surface area (Å²) in [6, 6.07) is 17.1. The van der Waals surface area contributed by atoms with Crippen LogP contribution < -0.4 is 10.6 Å². The maximum Gasteiger partial charge on any atom is 0.475 e. The van der Waals surface area contributed by atoms with Gasteiger partial charge in [0.05, 0.1) is 23.7 Å². The van der Waals surface area contributed by atoms with Crippen molar-refractivity contribution in [3.63, 3.8) is 0 Å². The van der Waals surface area contributed by atoms with Crippen molar-refractivity contribution in [3.05, 3.63) is 65.9 Å². The normalized spacial score (nSPS) is 17.7. The number of rotatable bonds is 11. The third-order valence-electron chi connectivity index (χ3n) is 6.76. The van der Waals surface area contributed by atoms with Crippen LogP contribution in [0.25, 0.3) is 10.9 Å². The summed E-state index contributed by atoms with van der Waals surface area (Å²) in [5.74, 6) is -1.57. The first kappa shape index (κ1) is 28.3. The van der Waals surface area contributed by atoms with Crippen molar-refractivity contribution in [1.82, 2.24) is 20.4 Å². The molecule has 39 heavy (non-hydrogen) atoms. The number of carbonyl (C=O) groups excluding carboxylic acids is 2. The van der Waals surface area contributed by atoms with E-state index in [4.69, 9.17) is 4.84 Å². The van der Waals surface area contributed by atoms with Gasteiger partial charge in [-0.05, 0) is 37.8 Å². The smallest absolute Gasteiger partial charge is 0.426 e. The van der Waals surface area contributed by atoms with Gasteiger partial charge in [-0.15, -0.1) is 0 Å². The number of para-hydroxylation sites is 1. The highest BCUT2D eigenvalue weighted by atomic mass is 16.7. The van der Waals surface area contributed by atoms with Gasteiger partial charge in [0.15, 0.2) is 5.69 Å². The number of aromatic nitrogens is 2. The van der Waals surface area contributed by atoms with Crippen LogP contribution >= 0.6 is 0 Å². The van der Waals surface area contributed by atoms with E-state index in [2.05, 4.69) is 20.9 Å². The Balaban J connectivity index is 1.50. The van der Waals surface area contributed by atoms with E-state index in [1.165, 1.54) is 0 Å². The Hall–Kier alpha value is -3.70. The first-order chi connectivity index (χ1) is 18.6. The summed E-state index contributed by atoms with van der Waals surface area (Å²) in [5, 5.41) is 34.8. The molecule has 0 radical (unpaired) electrons. The topological polar surface area (TPSA) is 138 Å². The summed E-state index contributed by atoms with van der Waals surface area (Å²) in [7, 11) is -1.72. The minimum atomic E-state index is -1.72. The summed E-state index contributed by atoms with van der Waals surface area (Å²) < 4.78 is 1.82. The Bertz CT molecular complexity index is 1340. The zero-order chi connectivity index (χ0) is 28.2. The maximum absolute atomic E-state index is 13.6. The van der Waals surface area contributed by atoms with Crippen LogP contribution in [0.15, 0.2) is 59.8 Å². The molecular formula is C28H36BN5O5. The predicted octanol–water partition coefficient (Wildman–Crippen LogP) is 2.65. The van der Waals surface area contributed by atoms with Crippen LogP contribution in [0.3, 0.4) is 0 Å². The van der Waals surface area contributed by atoms with Crippen LogP contribution in [0.4, 0.5) is 0 Å². The average molecular weight is 533 g/mol. The zero-order valence-electron chi connectivity index (χ0n) is 22.8. The number of fused-ring (bicyclic) bond motifs is 1. The van der Waals surface area contributed by atoms with E-state index in [0.29, 0.717) is 17.8 Å². The molecule has 1 aliphatic rings. The van der Waals surface area contributed by atoms with Crippen LogP contribution in [0.5, 0.6) is 0 Å². The van der Waals surface area contributed by atoms with Crippen molar-refractivity contribution in [2.24, 2.45) is 11.1 Å². The molecule has 206 valence electrons. The number of hydrogen-bond acceptors (Lipinski definition) is 7. The van der Waals surface area contributed by atoms with E-state index >= 15 is 0 Å². The molecule has 0 aliphatic carbocycles. The van der Waals surface area contributed by atoms with Crippen molar-refractivity contribution in [2.45, 2.75) is 64.5 Å². The van der Waals surface area contributed by atoms with Crippen molar-refractivity contribution in [3.8, 4) is 0 Å². The molecule has 2 unspecified atom stereocenters. The summed E-state index contributed by atoms with van der Waals surface area (Å²) in [5.41, 5.74) is 1.16. The number of amides is 2. The van der Waals surface area contributed by atoms with Gasteiger partial charge in [0.25, 0.3) is 11.8 Å². The number of carbonyl (C=O) groups is 2. The van der Waals surface area contributed by atoms with Crippen LogP contribution in [0, 0.1) is 5.92 Å². The Morgan fingerprint density at radius 1 is 1.08 bits per heavy atom. The molecule has 0 saturated carbocycles. The minimum Gasteiger partial charge on any atom is -0.426 e. The fourth-order valence-electron chi connectivity index (χ4n) is 4.84. The molecule has 2 heterocycles. The SMILES string of the molecule is CC(C)CC(NC(=O)C1(Cc2ccccc2)CC(CNC(=O)c2nn(C(C)C)c3ccccc23)=NO1)B(O)O. The van der Waals surface area contributed by atoms with Crippen molar-refractivity contribution in [1.29, 1.82) is 0 Å². The van der Waals surface area contributed by atoms with E-state index in [1.54, 1.807) is 0 Å². The van der Waals surface area contributed by atoms with Gasteiger partial charge in [0.1, 0.15) is 0 Å². The molecular weight excluding hydrogens is 497 g/mol. The number of benzene rings is 2. The Labute approximate surface area is 228 Å². The monoisotopic (exact) mass is 533 g/mol. The van der Waals surface area contributed by atoms with Crippen molar-refractivity contribution < 1.29 is 24.5 Å². The second kappa shape index (κ2) is 12.0. The zero-order valence-corrected chi connectivity index (χ0v) is 22.8. The fourth-order valence-corrected chi connectivity index (χ4v) is 4.84. The molecule has 0 bridgehead atoms. The highest BCUT2D eigenvalue weighted by molar-refractivity contribution is 6.43. The summed E-state index contributed by atoms with van der Waals surface area (Å²) in [6.07, 6.45) is 0.733. The lowest BCUT2D eigenvalue weighted by Crippen LogP contribution is -2.56. The predicted molar refractivity (Wildman–Crippen MR) is 150 cm³/mol. The third-order valence-corrected chi connectivity index (χ3v) is 6.76. The number of nitrogens with one attached hydrogen (secondary N) is 2. The van der Waals surface area contributed by atoms with Gasteiger partial charge in [-0.1, -0.05) is 67.5 Å². The summed E-state index contributed by atoms with van der Waals surface area (Å²) in [6.45, 7) is 7.95. The number of hydrogen-bond donors (Lipinski definition) is 4. The molecule has 1 aromatic heterocycles. The second-order valence-corrected chi connectivity index (χ2v) is 10.8. The van der Waals surface area contributed by atoms with Crippen LogP contribution in [-0.2, 0) is 16.1 Å². The first-order valence-electron chi connectivity index (χ1n) is 13.3. The van der Waals surface area contributed by atoms with E-state index in [-0.39, 0.29) is 37.3 Å². The highest BCUT2D eigenvalue weighted by Gasteiger charge is 2.48. The molecule has 4 N–H and O–H groups in total. The molecule has 1 aliphatic heterocycles. The van der Waals surface area contributed by atoms with E-state index in [9.17, 15) is 19.6 Å². The van der Waals surface area contributed by atoms with Gasteiger partial charge in [0, 0.05) is 24.3 Å². The maximum atomic E-state index is 13.6. The average Bonchev–Trinajstić information content (AvgIpc) is 3.50. The molecule has 2 atom stereocenters. The molecule has 4 rings (SSSR count). The Kier molecular flexibility index (Phi) is 8.71. The lowest BCUT2D eigenvalue weighted by atomic mass is 9.74. The highest BCUT2D eigenvalue weighted by Crippen LogP contribution is 2.30.